The number of hydrogen-bond acceptors (Lipinski definition) is 11. The van der Waals surface area contributed by atoms with Crippen LogP contribution >= 0.6 is 11.6 Å². The Hall–Kier alpha value is -3.16. The summed E-state index contributed by atoms with van der Waals surface area (Å²) in [4.78, 5) is 8.52. The van der Waals surface area contributed by atoms with Crippen LogP contribution in [-0.2, 0) is 0 Å². The Morgan fingerprint density at radius 3 is 2.19 bits per heavy atom. The molecule has 1 aromatic heterocycles. The van der Waals surface area contributed by atoms with Crippen molar-refractivity contribution < 1.29 is 43.8 Å². The SMILES string of the molecule is COc1cc(OC)c(Nc2ncnc3cc(O[C@H](CO)[C@H](O)[C@@H](O)[C@H](F)CO)c(OC)cc23)cc1Cl. The molecule has 196 valence electrons. The van der Waals surface area contributed by atoms with E-state index >= 15 is 0 Å². The molecule has 36 heavy (non-hydrogen) atoms. The summed E-state index contributed by atoms with van der Waals surface area (Å²) in [7, 11) is 4.36. The normalized spacial score (nSPS) is 14.6. The first kappa shape index (κ1) is 27.4. The van der Waals surface area contributed by atoms with E-state index in [0.717, 1.165) is 0 Å². The molecule has 0 radical (unpaired) electrons. The van der Waals surface area contributed by atoms with Crippen LogP contribution in [0.25, 0.3) is 10.9 Å². The Morgan fingerprint density at radius 1 is 0.889 bits per heavy atom. The number of methoxy groups -OCH3 is 3. The van der Waals surface area contributed by atoms with E-state index in [1.165, 1.54) is 33.7 Å². The number of nitrogens with zero attached hydrogens (tertiary/aromatic N) is 2. The number of rotatable bonds is 12. The van der Waals surface area contributed by atoms with Crippen LogP contribution in [0.5, 0.6) is 23.0 Å². The van der Waals surface area contributed by atoms with Gasteiger partial charge in [-0.3, -0.25) is 0 Å². The molecule has 11 nitrogen and oxygen atoms in total. The third-order valence-corrected chi connectivity index (χ3v) is 5.68. The van der Waals surface area contributed by atoms with Gasteiger partial charge in [-0.2, -0.15) is 0 Å². The molecule has 0 saturated carbocycles. The number of anilines is 2. The molecule has 0 bridgehead atoms. The molecule has 0 aliphatic heterocycles. The minimum absolute atomic E-state index is 0.0597. The second-order valence-corrected chi connectivity index (χ2v) is 7.98. The Balaban J connectivity index is 1.98. The fraction of sp³-hybridized carbons (Fsp3) is 0.391. The Labute approximate surface area is 211 Å². The minimum atomic E-state index is -2.12. The van der Waals surface area contributed by atoms with Gasteiger partial charge in [0.25, 0.3) is 0 Å². The number of ether oxygens (including phenoxy) is 4. The first-order chi connectivity index (χ1) is 17.3. The van der Waals surface area contributed by atoms with Crippen molar-refractivity contribution in [3.63, 3.8) is 0 Å². The van der Waals surface area contributed by atoms with Crippen molar-refractivity contribution in [3.8, 4) is 23.0 Å². The van der Waals surface area contributed by atoms with Gasteiger partial charge in [0.15, 0.2) is 23.8 Å². The average Bonchev–Trinajstić information content (AvgIpc) is 2.90. The zero-order valence-electron chi connectivity index (χ0n) is 19.7. The molecule has 0 aliphatic rings. The van der Waals surface area contributed by atoms with Crippen LogP contribution in [0, 0.1) is 0 Å². The zero-order valence-corrected chi connectivity index (χ0v) is 20.4. The Bertz CT molecular complexity index is 1190. The number of aliphatic hydroxyl groups excluding tert-OH is 4. The molecule has 4 atom stereocenters. The molecular weight excluding hydrogens is 501 g/mol. The third-order valence-electron chi connectivity index (χ3n) is 5.38. The van der Waals surface area contributed by atoms with Gasteiger partial charge in [-0.1, -0.05) is 11.6 Å². The summed E-state index contributed by atoms with van der Waals surface area (Å²) in [5.74, 6) is 1.49. The van der Waals surface area contributed by atoms with Gasteiger partial charge in [0.05, 0.1) is 50.8 Å². The first-order valence-corrected chi connectivity index (χ1v) is 11.1. The number of alkyl halides is 1. The minimum Gasteiger partial charge on any atom is -0.495 e. The summed E-state index contributed by atoms with van der Waals surface area (Å²) in [6.07, 6.45) is -6.08. The molecule has 3 aromatic rings. The van der Waals surface area contributed by atoms with E-state index in [0.29, 0.717) is 38.9 Å². The van der Waals surface area contributed by atoms with Gasteiger partial charge in [0, 0.05) is 17.5 Å². The summed E-state index contributed by atoms with van der Waals surface area (Å²) in [6.45, 7) is -1.77. The van der Waals surface area contributed by atoms with Gasteiger partial charge in [-0.15, -0.1) is 0 Å². The maximum Gasteiger partial charge on any atom is 0.164 e. The second kappa shape index (κ2) is 12.2. The van der Waals surface area contributed by atoms with Crippen LogP contribution in [-0.4, -0.2) is 89.4 Å². The number of halogens is 2. The zero-order chi connectivity index (χ0) is 26.4. The lowest BCUT2D eigenvalue weighted by molar-refractivity contribution is -0.0981. The summed E-state index contributed by atoms with van der Waals surface area (Å²) < 4.78 is 35.3. The predicted octanol–water partition coefficient (Wildman–Crippen LogP) is 1.84. The number of aliphatic hydroxyl groups is 4. The summed E-state index contributed by atoms with van der Waals surface area (Å²) in [5.41, 5.74) is 0.900. The monoisotopic (exact) mass is 527 g/mol. The summed E-state index contributed by atoms with van der Waals surface area (Å²) in [6, 6.07) is 6.27. The first-order valence-electron chi connectivity index (χ1n) is 10.7. The molecule has 0 aliphatic carbocycles. The highest BCUT2D eigenvalue weighted by atomic mass is 35.5. The molecule has 0 saturated heterocycles. The molecule has 5 N–H and O–H groups in total. The summed E-state index contributed by atoms with van der Waals surface area (Å²) in [5, 5.41) is 42.7. The molecule has 0 amide bonds. The van der Waals surface area contributed by atoms with E-state index in [9.17, 15) is 19.7 Å². The molecule has 1 heterocycles. The van der Waals surface area contributed by atoms with Gasteiger partial charge in [0.2, 0.25) is 0 Å². The predicted molar refractivity (Wildman–Crippen MR) is 129 cm³/mol. The van der Waals surface area contributed by atoms with Crippen molar-refractivity contribution in [2.45, 2.75) is 24.5 Å². The number of benzene rings is 2. The van der Waals surface area contributed by atoms with Crippen molar-refractivity contribution in [1.29, 1.82) is 0 Å². The van der Waals surface area contributed by atoms with Crippen molar-refractivity contribution in [3.05, 3.63) is 35.6 Å². The lowest BCUT2D eigenvalue weighted by atomic mass is 10.0. The maximum atomic E-state index is 13.6. The van der Waals surface area contributed by atoms with Gasteiger partial charge in [0.1, 0.15) is 35.9 Å². The molecular formula is C23H27ClFN3O8. The highest BCUT2D eigenvalue weighted by molar-refractivity contribution is 6.32. The topological polar surface area (TPSA) is 156 Å². The molecule has 3 rings (SSSR count). The van der Waals surface area contributed by atoms with Crippen LogP contribution in [0.1, 0.15) is 0 Å². The third kappa shape index (κ3) is 5.79. The van der Waals surface area contributed by atoms with Crippen LogP contribution in [0.2, 0.25) is 5.02 Å². The largest absolute Gasteiger partial charge is 0.495 e. The fourth-order valence-corrected chi connectivity index (χ4v) is 3.66. The van der Waals surface area contributed by atoms with E-state index in [1.807, 2.05) is 0 Å². The molecule has 13 heteroatoms. The van der Waals surface area contributed by atoms with Gasteiger partial charge >= 0.3 is 0 Å². The lowest BCUT2D eigenvalue weighted by Gasteiger charge is -2.28. The van der Waals surface area contributed by atoms with Crippen molar-refractivity contribution in [1.82, 2.24) is 9.97 Å². The number of aromatic nitrogens is 2. The Morgan fingerprint density at radius 2 is 1.58 bits per heavy atom. The van der Waals surface area contributed by atoms with E-state index in [4.69, 9.17) is 35.7 Å². The van der Waals surface area contributed by atoms with Crippen molar-refractivity contribution in [2.24, 2.45) is 0 Å². The quantitative estimate of drug-likeness (QED) is 0.234. The number of fused-ring (bicyclic) bond motifs is 1. The van der Waals surface area contributed by atoms with E-state index in [2.05, 4.69) is 15.3 Å². The van der Waals surface area contributed by atoms with Crippen LogP contribution in [0.4, 0.5) is 15.9 Å². The lowest BCUT2D eigenvalue weighted by Crippen LogP contribution is -2.48. The van der Waals surface area contributed by atoms with E-state index < -0.39 is 37.7 Å². The average molecular weight is 528 g/mol. The molecule has 0 fully saturated rings. The van der Waals surface area contributed by atoms with Crippen molar-refractivity contribution >= 4 is 34.0 Å². The van der Waals surface area contributed by atoms with Crippen LogP contribution in [0.15, 0.2) is 30.6 Å². The number of hydrogen-bond donors (Lipinski definition) is 5. The van der Waals surface area contributed by atoms with Crippen LogP contribution < -0.4 is 24.3 Å². The molecule has 0 unspecified atom stereocenters. The molecule has 0 spiro atoms. The molecule has 2 aromatic carbocycles. The van der Waals surface area contributed by atoms with E-state index in [1.54, 1.807) is 18.2 Å². The van der Waals surface area contributed by atoms with Crippen LogP contribution in [0.3, 0.4) is 0 Å². The van der Waals surface area contributed by atoms with Gasteiger partial charge in [-0.05, 0) is 12.1 Å². The number of nitrogens with one attached hydrogen (secondary N) is 1. The van der Waals surface area contributed by atoms with Gasteiger partial charge in [-0.25, -0.2) is 14.4 Å². The maximum absolute atomic E-state index is 13.6. The standard InChI is InChI=1S/C23H27ClFN3O8/c1-33-16-7-17(34-2)15(5-12(16)24)28-23-11-4-18(35-3)19(6-14(11)26-10-27-23)36-20(9-30)22(32)21(31)13(25)8-29/h4-7,10,13,20-22,29-32H,8-9H2,1-3H3,(H,26,27,28)/t13-,20-,21+,22+/m1/s1. The van der Waals surface area contributed by atoms with Gasteiger partial charge < -0.3 is 44.7 Å². The highest BCUT2D eigenvalue weighted by Crippen LogP contribution is 2.40. The fourth-order valence-electron chi connectivity index (χ4n) is 3.42. The highest BCUT2D eigenvalue weighted by Gasteiger charge is 2.34. The van der Waals surface area contributed by atoms with Crippen molar-refractivity contribution in [2.75, 3.05) is 39.9 Å². The van der Waals surface area contributed by atoms with E-state index in [-0.39, 0.29) is 11.5 Å². The Kier molecular flexibility index (Phi) is 9.29. The second-order valence-electron chi connectivity index (χ2n) is 7.57. The smallest absolute Gasteiger partial charge is 0.164 e. The summed E-state index contributed by atoms with van der Waals surface area (Å²) >= 11 is 6.26.